The monoisotopic (exact) mass is 220 g/mol. The van der Waals surface area contributed by atoms with Crippen LogP contribution in [0.2, 0.25) is 0 Å². The number of aromatic nitrogens is 2. The number of halogens is 1. The van der Waals surface area contributed by atoms with Crippen LogP contribution in [-0.4, -0.2) is 17.1 Å². The van der Waals surface area contributed by atoms with E-state index >= 15 is 0 Å². The van der Waals surface area contributed by atoms with E-state index in [1.807, 2.05) is 0 Å². The minimum Gasteiger partial charge on any atom is -0.497 e. The summed E-state index contributed by atoms with van der Waals surface area (Å²) in [7, 11) is 1.46. The van der Waals surface area contributed by atoms with Crippen molar-refractivity contribution in [1.82, 2.24) is 9.97 Å². The molecule has 0 atom stereocenters. The number of rotatable bonds is 2. The standard InChI is InChI=1S/C11H9FN2O2/c1-16-7-2-3-8(9(12)4-7)10-5-13-6-11(15)14-10/h2-6H,1H3,(H,14,15). The molecule has 0 fully saturated rings. The zero-order chi connectivity index (χ0) is 11.5. The molecule has 1 heterocycles. The van der Waals surface area contributed by atoms with E-state index in [1.165, 1.54) is 25.4 Å². The molecule has 0 unspecified atom stereocenters. The lowest BCUT2D eigenvalue weighted by molar-refractivity contribution is 0.411. The molecule has 16 heavy (non-hydrogen) atoms. The van der Waals surface area contributed by atoms with Crippen LogP contribution in [0, 0.1) is 5.82 Å². The molecular formula is C11H9FN2O2. The highest BCUT2D eigenvalue weighted by Gasteiger charge is 2.07. The zero-order valence-corrected chi connectivity index (χ0v) is 8.53. The second-order valence-electron chi connectivity index (χ2n) is 3.16. The quantitative estimate of drug-likeness (QED) is 0.836. The summed E-state index contributed by atoms with van der Waals surface area (Å²) >= 11 is 0. The summed E-state index contributed by atoms with van der Waals surface area (Å²) in [5.41, 5.74) is 0.256. The van der Waals surface area contributed by atoms with E-state index in [9.17, 15) is 9.18 Å². The molecule has 0 aliphatic carbocycles. The van der Waals surface area contributed by atoms with Gasteiger partial charge in [-0.3, -0.25) is 9.78 Å². The summed E-state index contributed by atoms with van der Waals surface area (Å²) in [4.78, 5) is 17.2. The van der Waals surface area contributed by atoms with Gasteiger partial charge in [-0.05, 0) is 12.1 Å². The molecule has 0 radical (unpaired) electrons. The molecule has 0 saturated heterocycles. The molecule has 2 rings (SSSR count). The van der Waals surface area contributed by atoms with Gasteiger partial charge in [0.05, 0.1) is 25.2 Å². The molecule has 0 amide bonds. The highest BCUT2D eigenvalue weighted by atomic mass is 19.1. The molecule has 2 aromatic rings. The Bertz CT molecular complexity index is 566. The normalized spacial score (nSPS) is 10.1. The van der Waals surface area contributed by atoms with Crippen LogP contribution in [0.4, 0.5) is 4.39 Å². The largest absolute Gasteiger partial charge is 0.497 e. The van der Waals surface area contributed by atoms with E-state index in [1.54, 1.807) is 6.07 Å². The predicted molar refractivity (Wildman–Crippen MR) is 56.8 cm³/mol. The molecule has 0 spiro atoms. The minimum absolute atomic E-state index is 0.283. The number of nitrogens with zero attached hydrogens (tertiary/aromatic N) is 1. The fourth-order valence-electron chi connectivity index (χ4n) is 1.35. The fraction of sp³-hybridized carbons (Fsp3) is 0.0909. The highest BCUT2D eigenvalue weighted by molar-refractivity contribution is 5.59. The molecular weight excluding hydrogens is 211 g/mol. The van der Waals surface area contributed by atoms with Gasteiger partial charge in [-0.25, -0.2) is 4.39 Å². The maximum Gasteiger partial charge on any atom is 0.266 e. The van der Waals surface area contributed by atoms with Crippen molar-refractivity contribution in [2.45, 2.75) is 0 Å². The minimum atomic E-state index is -0.469. The first-order valence-electron chi connectivity index (χ1n) is 4.59. The lowest BCUT2D eigenvalue weighted by atomic mass is 10.1. The number of aromatic amines is 1. The van der Waals surface area contributed by atoms with Crippen LogP contribution >= 0.6 is 0 Å². The van der Waals surface area contributed by atoms with E-state index in [4.69, 9.17) is 4.74 Å². The van der Waals surface area contributed by atoms with Gasteiger partial charge in [0, 0.05) is 11.6 Å². The van der Waals surface area contributed by atoms with Crippen LogP contribution in [0.3, 0.4) is 0 Å². The maximum absolute atomic E-state index is 13.6. The molecule has 82 valence electrons. The van der Waals surface area contributed by atoms with Crippen LogP contribution in [0.25, 0.3) is 11.3 Å². The Kier molecular flexibility index (Phi) is 2.68. The average Bonchev–Trinajstić information content (AvgIpc) is 2.28. The number of ether oxygens (including phenoxy) is 1. The summed E-state index contributed by atoms with van der Waals surface area (Å²) in [5.74, 6) is -0.0458. The second-order valence-corrected chi connectivity index (χ2v) is 3.16. The van der Waals surface area contributed by atoms with Crippen LogP contribution in [-0.2, 0) is 0 Å². The van der Waals surface area contributed by atoms with Crippen molar-refractivity contribution in [3.8, 4) is 17.0 Å². The van der Waals surface area contributed by atoms with Crippen LogP contribution in [0.15, 0.2) is 35.4 Å². The number of hydrogen-bond acceptors (Lipinski definition) is 3. The molecule has 1 N–H and O–H groups in total. The SMILES string of the molecule is COc1ccc(-c2cncc(=O)[nH]2)c(F)c1. The Hall–Kier alpha value is -2.17. The zero-order valence-electron chi connectivity index (χ0n) is 8.53. The van der Waals surface area contributed by atoms with E-state index < -0.39 is 5.82 Å². The number of benzene rings is 1. The van der Waals surface area contributed by atoms with E-state index in [2.05, 4.69) is 9.97 Å². The third-order valence-electron chi connectivity index (χ3n) is 2.12. The molecule has 0 bridgehead atoms. The van der Waals surface area contributed by atoms with Crippen molar-refractivity contribution in [3.05, 3.63) is 46.8 Å². The molecule has 1 aromatic heterocycles. The molecule has 0 saturated carbocycles. The van der Waals surface area contributed by atoms with Gasteiger partial charge in [0.25, 0.3) is 5.56 Å². The number of hydrogen-bond donors (Lipinski definition) is 1. The van der Waals surface area contributed by atoms with Crippen molar-refractivity contribution in [2.75, 3.05) is 7.11 Å². The second kappa shape index (κ2) is 4.14. The van der Waals surface area contributed by atoms with Gasteiger partial charge < -0.3 is 9.72 Å². The Morgan fingerprint density at radius 3 is 2.81 bits per heavy atom. The van der Waals surface area contributed by atoms with Gasteiger partial charge in [0.2, 0.25) is 0 Å². The molecule has 4 nitrogen and oxygen atoms in total. The van der Waals surface area contributed by atoms with Crippen molar-refractivity contribution < 1.29 is 9.13 Å². The first-order valence-corrected chi connectivity index (χ1v) is 4.59. The van der Waals surface area contributed by atoms with Crippen LogP contribution in [0.5, 0.6) is 5.75 Å². The Morgan fingerprint density at radius 2 is 2.19 bits per heavy atom. The first-order chi connectivity index (χ1) is 7.70. The molecule has 0 aliphatic rings. The Labute approximate surface area is 90.7 Å². The van der Waals surface area contributed by atoms with Gasteiger partial charge in [-0.1, -0.05) is 0 Å². The smallest absolute Gasteiger partial charge is 0.266 e. The number of methoxy groups -OCH3 is 1. The number of H-pyrrole nitrogens is 1. The molecule has 5 heteroatoms. The van der Waals surface area contributed by atoms with E-state index in [-0.39, 0.29) is 11.1 Å². The molecule has 0 aliphatic heterocycles. The average molecular weight is 220 g/mol. The molecule has 1 aromatic carbocycles. The summed E-state index contributed by atoms with van der Waals surface area (Å²) in [6.07, 6.45) is 2.53. The topological polar surface area (TPSA) is 55.0 Å². The summed E-state index contributed by atoms with van der Waals surface area (Å²) < 4.78 is 18.5. The van der Waals surface area contributed by atoms with Gasteiger partial charge in [0.15, 0.2) is 0 Å². The maximum atomic E-state index is 13.6. The first kappa shape index (κ1) is 10.4. The van der Waals surface area contributed by atoms with Crippen molar-refractivity contribution in [3.63, 3.8) is 0 Å². The third kappa shape index (κ3) is 1.93. The van der Waals surface area contributed by atoms with Gasteiger partial charge >= 0.3 is 0 Å². The summed E-state index contributed by atoms with van der Waals surface area (Å²) in [6.45, 7) is 0. The van der Waals surface area contributed by atoms with E-state index in [0.29, 0.717) is 11.4 Å². The van der Waals surface area contributed by atoms with Gasteiger partial charge in [0.1, 0.15) is 11.6 Å². The van der Waals surface area contributed by atoms with Gasteiger partial charge in [-0.2, -0.15) is 0 Å². The third-order valence-corrected chi connectivity index (χ3v) is 2.12. The summed E-state index contributed by atoms with van der Waals surface area (Å²) in [6, 6.07) is 4.39. The van der Waals surface area contributed by atoms with Gasteiger partial charge in [-0.15, -0.1) is 0 Å². The lowest BCUT2D eigenvalue weighted by Gasteiger charge is -2.04. The highest BCUT2D eigenvalue weighted by Crippen LogP contribution is 2.23. The van der Waals surface area contributed by atoms with Crippen molar-refractivity contribution in [2.24, 2.45) is 0 Å². The Balaban J connectivity index is 2.52. The summed E-state index contributed by atoms with van der Waals surface area (Å²) in [5, 5.41) is 0. The number of nitrogens with one attached hydrogen (secondary N) is 1. The predicted octanol–water partition coefficient (Wildman–Crippen LogP) is 1.58. The Morgan fingerprint density at radius 1 is 1.38 bits per heavy atom. The van der Waals surface area contributed by atoms with Crippen LogP contribution in [0.1, 0.15) is 0 Å². The fourth-order valence-corrected chi connectivity index (χ4v) is 1.35. The van der Waals surface area contributed by atoms with Crippen LogP contribution < -0.4 is 10.3 Å². The van der Waals surface area contributed by atoms with Crippen molar-refractivity contribution >= 4 is 0 Å². The van der Waals surface area contributed by atoms with E-state index in [0.717, 1.165) is 6.20 Å². The van der Waals surface area contributed by atoms with Crippen molar-refractivity contribution in [1.29, 1.82) is 0 Å². The lowest BCUT2D eigenvalue weighted by Crippen LogP contribution is -2.06.